The van der Waals surface area contributed by atoms with Crippen molar-refractivity contribution < 1.29 is 4.74 Å². The van der Waals surface area contributed by atoms with Gasteiger partial charge >= 0.3 is 0 Å². The molecule has 0 amide bonds. The van der Waals surface area contributed by atoms with Crippen molar-refractivity contribution in [2.24, 2.45) is 0 Å². The number of hydrogen-bond donors (Lipinski definition) is 2. The predicted octanol–water partition coefficient (Wildman–Crippen LogP) is 2.26. The van der Waals surface area contributed by atoms with Crippen LogP contribution < -0.4 is 11.1 Å². The van der Waals surface area contributed by atoms with Gasteiger partial charge in [-0.05, 0) is 24.6 Å². The lowest BCUT2D eigenvalue weighted by atomic mass is 10.2. The first-order valence-corrected chi connectivity index (χ1v) is 5.63. The van der Waals surface area contributed by atoms with E-state index in [9.17, 15) is 0 Å². The summed E-state index contributed by atoms with van der Waals surface area (Å²) in [7, 11) is 1.68. The standard InChI is InChI=1S/C13H16N4O/c1-9-7-15-13(14)17-12(9)16-11-5-3-4-10(6-11)8-18-2/h3-7H,8H2,1-2H3,(H3,14,15,16,17). The van der Waals surface area contributed by atoms with Crippen LogP contribution in [0.2, 0.25) is 0 Å². The van der Waals surface area contributed by atoms with Crippen molar-refractivity contribution in [2.75, 3.05) is 18.2 Å². The summed E-state index contributed by atoms with van der Waals surface area (Å²) in [5.74, 6) is 0.980. The molecule has 0 radical (unpaired) electrons. The van der Waals surface area contributed by atoms with Crippen molar-refractivity contribution in [1.82, 2.24) is 9.97 Å². The first-order chi connectivity index (χ1) is 8.69. The zero-order valence-corrected chi connectivity index (χ0v) is 10.5. The monoisotopic (exact) mass is 244 g/mol. The normalized spacial score (nSPS) is 10.3. The molecule has 1 aromatic carbocycles. The third-order valence-electron chi connectivity index (χ3n) is 2.49. The van der Waals surface area contributed by atoms with Crippen LogP contribution in [-0.2, 0) is 11.3 Å². The zero-order valence-electron chi connectivity index (χ0n) is 10.5. The fourth-order valence-electron chi connectivity index (χ4n) is 1.62. The van der Waals surface area contributed by atoms with Crippen molar-refractivity contribution in [2.45, 2.75) is 13.5 Å². The summed E-state index contributed by atoms with van der Waals surface area (Å²) in [6.45, 7) is 2.52. The molecule has 1 aromatic heterocycles. The molecule has 18 heavy (non-hydrogen) atoms. The largest absolute Gasteiger partial charge is 0.380 e. The Morgan fingerprint density at radius 1 is 1.39 bits per heavy atom. The Kier molecular flexibility index (Phi) is 3.74. The van der Waals surface area contributed by atoms with Crippen LogP contribution in [0.15, 0.2) is 30.5 Å². The number of anilines is 3. The quantitative estimate of drug-likeness (QED) is 0.863. The lowest BCUT2D eigenvalue weighted by Crippen LogP contribution is -2.02. The summed E-state index contributed by atoms with van der Waals surface area (Å²) >= 11 is 0. The summed E-state index contributed by atoms with van der Waals surface area (Å²) in [6.07, 6.45) is 1.70. The summed E-state index contributed by atoms with van der Waals surface area (Å²) < 4.78 is 5.10. The number of aryl methyl sites for hydroxylation is 1. The van der Waals surface area contributed by atoms with Gasteiger partial charge in [-0.1, -0.05) is 12.1 Å². The van der Waals surface area contributed by atoms with E-state index in [0.29, 0.717) is 6.61 Å². The van der Waals surface area contributed by atoms with Crippen LogP contribution >= 0.6 is 0 Å². The molecule has 0 spiro atoms. The van der Waals surface area contributed by atoms with E-state index in [1.807, 2.05) is 31.2 Å². The van der Waals surface area contributed by atoms with E-state index < -0.39 is 0 Å². The third-order valence-corrected chi connectivity index (χ3v) is 2.49. The highest BCUT2D eigenvalue weighted by Crippen LogP contribution is 2.19. The molecular weight excluding hydrogens is 228 g/mol. The Bertz CT molecular complexity index is 542. The van der Waals surface area contributed by atoms with Gasteiger partial charge in [0.1, 0.15) is 5.82 Å². The maximum absolute atomic E-state index is 5.58. The number of nitrogens with two attached hydrogens (primary N) is 1. The molecular formula is C13H16N4O. The molecule has 0 unspecified atom stereocenters. The fraction of sp³-hybridized carbons (Fsp3) is 0.231. The number of ether oxygens (including phenoxy) is 1. The van der Waals surface area contributed by atoms with Crippen LogP contribution in [0.3, 0.4) is 0 Å². The molecule has 3 N–H and O–H groups in total. The Hall–Kier alpha value is -2.14. The van der Waals surface area contributed by atoms with Gasteiger partial charge in [-0.15, -0.1) is 0 Å². The van der Waals surface area contributed by atoms with Gasteiger partial charge in [-0.3, -0.25) is 0 Å². The zero-order chi connectivity index (χ0) is 13.0. The molecule has 0 aliphatic heterocycles. The van der Waals surface area contributed by atoms with Crippen LogP contribution in [0.4, 0.5) is 17.5 Å². The summed E-state index contributed by atoms with van der Waals surface area (Å²) in [5, 5.41) is 3.23. The molecule has 5 nitrogen and oxygen atoms in total. The van der Waals surface area contributed by atoms with Gasteiger partial charge in [0.05, 0.1) is 6.61 Å². The molecule has 0 aliphatic rings. The highest BCUT2D eigenvalue weighted by atomic mass is 16.5. The minimum Gasteiger partial charge on any atom is -0.380 e. The van der Waals surface area contributed by atoms with Crippen molar-refractivity contribution in [3.8, 4) is 0 Å². The second-order valence-corrected chi connectivity index (χ2v) is 4.02. The molecule has 94 valence electrons. The summed E-state index contributed by atoms with van der Waals surface area (Å²) in [6, 6.07) is 7.96. The number of nitrogen functional groups attached to an aromatic ring is 1. The highest BCUT2D eigenvalue weighted by Gasteiger charge is 2.03. The molecule has 5 heteroatoms. The number of rotatable bonds is 4. The number of aromatic nitrogens is 2. The number of hydrogen-bond acceptors (Lipinski definition) is 5. The lowest BCUT2D eigenvalue weighted by molar-refractivity contribution is 0.185. The third kappa shape index (κ3) is 2.95. The molecule has 1 heterocycles. The lowest BCUT2D eigenvalue weighted by Gasteiger charge is -2.09. The Morgan fingerprint density at radius 2 is 2.22 bits per heavy atom. The van der Waals surface area contributed by atoms with Gasteiger partial charge in [0.15, 0.2) is 0 Å². The van der Waals surface area contributed by atoms with Gasteiger partial charge in [0.2, 0.25) is 5.95 Å². The number of nitrogens with zero attached hydrogens (tertiary/aromatic N) is 2. The minimum atomic E-state index is 0.260. The fourth-order valence-corrected chi connectivity index (χ4v) is 1.62. The molecule has 2 rings (SSSR count). The van der Waals surface area contributed by atoms with Crippen molar-refractivity contribution in [3.05, 3.63) is 41.6 Å². The van der Waals surface area contributed by atoms with Crippen LogP contribution in [0.1, 0.15) is 11.1 Å². The van der Waals surface area contributed by atoms with Crippen molar-refractivity contribution in [3.63, 3.8) is 0 Å². The molecule has 0 atom stereocenters. The van der Waals surface area contributed by atoms with Crippen LogP contribution in [-0.4, -0.2) is 17.1 Å². The second kappa shape index (κ2) is 5.46. The van der Waals surface area contributed by atoms with E-state index in [4.69, 9.17) is 10.5 Å². The van der Waals surface area contributed by atoms with Gasteiger partial charge in [-0.2, -0.15) is 4.98 Å². The maximum Gasteiger partial charge on any atom is 0.221 e. The van der Waals surface area contributed by atoms with Crippen LogP contribution in [0, 0.1) is 6.92 Å². The highest BCUT2D eigenvalue weighted by molar-refractivity contribution is 5.60. The Labute approximate surface area is 106 Å². The van der Waals surface area contributed by atoms with Gasteiger partial charge < -0.3 is 15.8 Å². The average Bonchev–Trinajstić information content (AvgIpc) is 2.35. The molecule has 0 saturated carbocycles. The minimum absolute atomic E-state index is 0.260. The summed E-state index contributed by atoms with van der Waals surface area (Å²) in [5.41, 5.74) is 8.57. The van der Waals surface area contributed by atoms with E-state index in [-0.39, 0.29) is 5.95 Å². The predicted molar refractivity (Wildman–Crippen MR) is 71.6 cm³/mol. The Balaban J connectivity index is 2.22. The van der Waals surface area contributed by atoms with Crippen molar-refractivity contribution in [1.29, 1.82) is 0 Å². The summed E-state index contributed by atoms with van der Waals surface area (Å²) in [4.78, 5) is 8.10. The average molecular weight is 244 g/mol. The first-order valence-electron chi connectivity index (χ1n) is 5.63. The smallest absolute Gasteiger partial charge is 0.221 e. The van der Waals surface area contributed by atoms with E-state index >= 15 is 0 Å². The van der Waals surface area contributed by atoms with Crippen molar-refractivity contribution >= 4 is 17.5 Å². The van der Waals surface area contributed by atoms with E-state index in [1.54, 1.807) is 13.3 Å². The van der Waals surface area contributed by atoms with E-state index in [2.05, 4.69) is 15.3 Å². The molecule has 0 saturated heterocycles. The second-order valence-electron chi connectivity index (χ2n) is 4.02. The van der Waals surface area contributed by atoms with Crippen LogP contribution in [0.5, 0.6) is 0 Å². The number of benzene rings is 1. The number of nitrogens with one attached hydrogen (secondary N) is 1. The van der Waals surface area contributed by atoms with E-state index in [1.165, 1.54) is 0 Å². The molecule has 0 aliphatic carbocycles. The maximum atomic E-state index is 5.58. The molecule has 0 fully saturated rings. The van der Waals surface area contributed by atoms with Crippen LogP contribution in [0.25, 0.3) is 0 Å². The van der Waals surface area contributed by atoms with E-state index in [0.717, 1.165) is 22.6 Å². The molecule has 0 bridgehead atoms. The SMILES string of the molecule is COCc1cccc(Nc2nc(N)ncc2C)c1. The number of methoxy groups -OCH3 is 1. The molecule has 2 aromatic rings. The first kappa shape index (κ1) is 12.3. The topological polar surface area (TPSA) is 73.1 Å². The van der Waals surface area contributed by atoms with Gasteiger partial charge in [0, 0.05) is 24.6 Å². The Morgan fingerprint density at radius 3 is 3.00 bits per heavy atom. The van der Waals surface area contributed by atoms with Gasteiger partial charge in [-0.25, -0.2) is 4.98 Å². The van der Waals surface area contributed by atoms with Gasteiger partial charge in [0.25, 0.3) is 0 Å².